The molecule has 0 spiro atoms. The number of benzene rings is 2. The molecule has 1 aromatic heterocycles. The lowest BCUT2D eigenvalue weighted by Crippen LogP contribution is -2.38. The van der Waals surface area contributed by atoms with Crippen LogP contribution in [0.5, 0.6) is 5.75 Å². The van der Waals surface area contributed by atoms with Crippen molar-refractivity contribution in [2.24, 2.45) is 0 Å². The number of rotatable bonds is 5. The van der Waals surface area contributed by atoms with E-state index in [1.165, 1.54) is 34.9 Å². The van der Waals surface area contributed by atoms with Gasteiger partial charge in [-0.25, -0.2) is 17.2 Å². The molecule has 0 atom stereocenters. The van der Waals surface area contributed by atoms with Crippen LogP contribution in [0.15, 0.2) is 41.3 Å². The highest BCUT2D eigenvalue weighted by molar-refractivity contribution is 7.89. The molecule has 0 N–H and O–H groups in total. The molecule has 4 rings (SSSR count). The van der Waals surface area contributed by atoms with Crippen LogP contribution in [0.2, 0.25) is 0 Å². The van der Waals surface area contributed by atoms with E-state index in [-0.39, 0.29) is 16.4 Å². The molecule has 3 aromatic rings. The largest absolute Gasteiger partial charge is 0.495 e. The Hall–Kier alpha value is -2.43. The fourth-order valence-electron chi connectivity index (χ4n) is 3.64. The Bertz CT molecular complexity index is 1210. The number of piperidine rings is 1. The zero-order chi connectivity index (χ0) is 22.2. The van der Waals surface area contributed by atoms with Crippen LogP contribution in [0.1, 0.15) is 29.3 Å². The molecule has 0 bridgehead atoms. The molecule has 6 nitrogen and oxygen atoms in total. The maximum absolute atomic E-state index is 14.0. The first-order chi connectivity index (χ1) is 14.8. The normalized spacial score (nSPS) is 15.9. The highest BCUT2D eigenvalue weighted by atomic mass is 32.2. The molecule has 1 aliphatic rings. The molecule has 1 aliphatic heterocycles. The van der Waals surface area contributed by atoms with Crippen LogP contribution in [0.4, 0.5) is 8.78 Å². The van der Waals surface area contributed by atoms with Crippen molar-refractivity contribution in [2.75, 3.05) is 20.2 Å². The Morgan fingerprint density at radius 2 is 1.84 bits per heavy atom. The summed E-state index contributed by atoms with van der Waals surface area (Å²) in [7, 11) is -2.24. The number of ether oxygens (including phenoxy) is 1. The first kappa shape index (κ1) is 21.8. The molecule has 0 radical (unpaired) electrons. The average Bonchev–Trinajstić information content (AvgIpc) is 3.23. The fourth-order valence-corrected chi connectivity index (χ4v) is 6.39. The summed E-state index contributed by atoms with van der Waals surface area (Å²) in [4.78, 5) is 0.165. The van der Waals surface area contributed by atoms with Crippen molar-refractivity contribution in [3.05, 3.63) is 58.6 Å². The van der Waals surface area contributed by atoms with E-state index in [0.717, 1.165) is 16.6 Å². The van der Waals surface area contributed by atoms with E-state index in [4.69, 9.17) is 4.74 Å². The van der Waals surface area contributed by atoms with Gasteiger partial charge in [0.2, 0.25) is 10.0 Å². The summed E-state index contributed by atoms with van der Waals surface area (Å²) < 4.78 is 60.2. The van der Waals surface area contributed by atoms with Crippen LogP contribution < -0.4 is 4.74 Å². The third kappa shape index (κ3) is 4.32. The van der Waals surface area contributed by atoms with Crippen LogP contribution in [0, 0.1) is 18.6 Å². The van der Waals surface area contributed by atoms with Gasteiger partial charge in [-0.2, -0.15) is 4.31 Å². The Morgan fingerprint density at radius 1 is 1.10 bits per heavy atom. The first-order valence-corrected chi connectivity index (χ1v) is 12.0. The van der Waals surface area contributed by atoms with Crippen LogP contribution in [0.3, 0.4) is 0 Å². The predicted octanol–water partition coefficient (Wildman–Crippen LogP) is 4.37. The van der Waals surface area contributed by atoms with Gasteiger partial charge >= 0.3 is 0 Å². The number of aromatic nitrogens is 2. The second-order valence-electron chi connectivity index (χ2n) is 7.40. The molecule has 2 heterocycles. The van der Waals surface area contributed by atoms with Crippen molar-refractivity contribution in [2.45, 2.75) is 30.6 Å². The van der Waals surface area contributed by atoms with Gasteiger partial charge in [0.05, 0.1) is 7.11 Å². The maximum atomic E-state index is 14.0. The SMILES string of the molecule is COc1ccc(C)cc1S(=O)(=O)N1CCC(c2nnc(-c3ccc(F)cc3F)s2)CC1. The molecule has 1 saturated heterocycles. The maximum Gasteiger partial charge on any atom is 0.246 e. The van der Waals surface area contributed by atoms with Gasteiger partial charge < -0.3 is 4.74 Å². The van der Waals surface area contributed by atoms with Gasteiger partial charge in [-0.1, -0.05) is 17.4 Å². The Balaban J connectivity index is 1.49. The minimum Gasteiger partial charge on any atom is -0.495 e. The molecule has 0 saturated carbocycles. The van der Waals surface area contributed by atoms with Gasteiger partial charge in [0, 0.05) is 30.6 Å². The zero-order valence-corrected chi connectivity index (χ0v) is 18.6. The summed E-state index contributed by atoms with van der Waals surface area (Å²) in [5.74, 6) is -0.982. The topological polar surface area (TPSA) is 72.4 Å². The number of nitrogens with zero attached hydrogens (tertiary/aromatic N) is 3. The molecule has 0 aliphatic carbocycles. The van der Waals surface area contributed by atoms with E-state index in [1.54, 1.807) is 18.2 Å². The molecule has 164 valence electrons. The van der Waals surface area contributed by atoms with Gasteiger partial charge in [0.25, 0.3) is 0 Å². The molecular formula is C21H21F2N3O3S2. The lowest BCUT2D eigenvalue weighted by Gasteiger charge is -2.30. The second kappa shape index (κ2) is 8.60. The van der Waals surface area contributed by atoms with Crippen molar-refractivity contribution < 1.29 is 21.9 Å². The molecule has 10 heteroatoms. The monoisotopic (exact) mass is 465 g/mol. The third-order valence-corrected chi connectivity index (χ3v) is 8.38. The highest BCUT2D eigenvalue weighted by Crippen LogP contribution is 2.36. The number of hydrogen-bond donors (Lipinski definition) is 0. The van der Waals surface area contributed by atoms with Crippen molar-refractivity contribution in [3.8, 4) is 16.3 Å². The Labute approximate surface area is 183 Å². The number of halogens is 2. The summed E-state index contributed by atoms with van der Waals surface area (Å²) in [6.45, 7) is 2.51. The minimum absolute atomic E-state index is 0.0283. The predicted molar refractivity (Wildman–Crippen MR) is 114 cm³/mol. The Morgan fingerprint density at radius 3 is 2.52 bits per heavy atom. The summed E-state index contributed by atoms with van der Waals surface area (Å²) in [6.07, 6.45) is 1.15. The number of methoxy groups -OCH3 is 1. The lowest BCUT2D eigenvalue weighted by atomic mass is 9.99. The number of aryl methyl sites for hydroxylation is 1. The zero-order valence-electron chi connectivity index (χ0n) is 17.0. The van der Waals surface area contributed by atoms with Crippen molar-refractivity contribution in [3.63, 3.8) is 0 Å². The van der Waals surface area contributed by atoms with Gasteiger partial charge in [-0.05, 0) is 49.6 Å². The quantitative estimate of drug-likeness (QED) is 0.560. The van der Waals surface area contributed by atoms with Crippen molar-refractivity contribution in [1.82, 2.24) is 14.5 Å². The summed E-state index contributed by atoms with van der Waals surface area (Å²) >= 11 is 1.25. The summed E-state index contributed by atoms with van der Waals surface area (Å²) in [6, 6.07) is 8.43. The standard InChI is InChI=1S/C21H21F2N3O3S2/c1-13-3-6-18(29-2)19(11-13)31(27,28)26-9-7-14(8-10-26)20-24-25-21(30-20)16-5-4-15(22)12-17(16)23/h3-6,11-12,14H,7-10H2,1-2H3. The van der Waals surface area contributed by atoms with Crippen molar-refractivity contribution in [1.29, 1.82) is 0 Å². The van der Waals surface area contributed by atoms with Gasteiger partial charge in [-0.15, -0.1) is 10.2 Å². The fraction of sp³-hybridized carbons (Fsp3) is 0.333. The third-order valence-electron chi connectivity index (χ3n) is 5.34. The van der Waals surface area contributed by atoms with Crippen LogP contribution in [-0.4, -0.2) is 43.1 Å². The van der Waals surface area contributed by atoms with E-state index in [2.05, 4.69) is 10.2 Å². The molecule has 1 fully saturated rings. The van der Waals surface area contributed by atoms with E-state index in [9.17, 15) is 17.2 Å². The Kier molecular flexibility index (Phi) is 6.05. The summed E-state index contributed by atoms with van der Waals surface area (Å²) in [5.41, 5.74) is 1.04. The number of sulfonamides is 1. The first-order valence-electron chi connectivity index (χ1n) is 9.73. The molecule has 2 aromatic carbocycles. The van der Waals surface area contributed by atoms with Gasteiger partial charge in [0.1, 0.15) is 27.3 Å². The smallest absolute Gasteiger partial charge is 0.246 e. The van der Waals surface area contributed by atoms with E-state index >= 15 is 0 Å². The summed E-state index contributed by atoms with van der Waals surface area (Å²) in [5, 5.41) is 9.35. The molecule has 31 heavy (non-hydrogen) atoms. The van der Waals surface area contributed by atoms with Gasteiger partial charge in [-0.3, -0.25) is 0 Å². The minimum atomic E-state index is -3.69. The van der Waals surface area contributed by atoms with Crippen LogP contribution in [0.25, 0.3) is 10.6 Å². The van der Waals surface area contributed by atoms with E-state index < -0.39 is 21.7 Å². The number of hydrogen-bond acceptors (Lipinski definition) is 6. The van der Waals surface area contributed by atoms with E-state index in [0.29, 0.717) is 36.7 Å². The average molecular weight is 466 g/mol. The van der Waals surface area contributed by atoms with Crippen LogP contribution >= 0.6 is 11.3 Å². The van der Waals surface area contributed by atoms with Crippen molar-refractivity contribution >= 4 is 21.4 Å². The molecular weight excluding hydrogens is 444 g/mol. The molecule has 0 amide bonds. The molecule has 0 unspecified atom stereocenters. The lowest BCUT2D eigenvalue weighted by molar-refractivity contribution is 0.316. The van der Waals surface area contributed by atoms with Gasteiger partial charge in [0.15, 0.2) is 5.01 Å². The highest BCUT2D eigenvalue weighted by Gasteiger charge is 2.33. The second-order valence-corrected chi connectivity index (χ2v) is 10.3. The van der Waals surface area contributed by atoms with Crippen LogP contribution in [-0.2, 0) is 10.0 Å². The van der Waals surface area contributed by atoms with E-state index in [1.807, 2.05) is 6.92 Å².